The van der Waals surface area contributed by atoms with E-state index >= 15 is 0 Å². The molecule has 0 radical (unpaired) electrons. The van der Waals surface area contributed by atoms with Crippen LogP contribution in [0.4, 0.5) is 10.6 Å². The fourth-order valence-corrected chi connectivity index (χ4v) is 7.49. The van der Waals surface area contributed by atoms with Gasteiger partial charge in [-0.1, -0.05) is 37.3 Å². The lowest BCUT2D eigenvalue weighted by Crippen LogP contribution is -2.44. The first-order valence-corrected chi connectivity index (χ1v) is 16.6. The van der Waals surface area contributed by atoms with E-state index in [0.29, 0.717) is 26.3 Å². The molecular weight excluding hydrogens is 594 g/mol. The van der Waals surface area contributed by atoms with Gasteiger partial charge in [-0.05, 0) is 98.9 Å². The zero-order valence-electron chi connectivity index (χ0n) is 28.7. The van der Waals surface area contributed by atoms with E-state index in [2.05, 4.69) is 36.9 Å². The summed E-state index contributed by atoms with van der Waals surface area (Å²) in [6, 6.07) is 16.5. The van der Waals surface area contributed by atoms with E-state index < -0.39 is 11.0 Å². The highest BCUT2D eigenvalue weighted by Gasteiger charge is 2.71. The van der Waals surface area contributed by atoms with Gasteiger partial charge in [0.15, 0.2) is 0 Å². The number of piperidine rings is 1. The van der Waals surface area contributed by atoms with Crippen LogP contribution in [-0.2, 0) is 45.0 Å². The van der Waals surface area contributed by atoms with Gasteiger partial charge in [0.05, 0.1) is 30.9 Å². The maximum atomic E-state index is 12.8. The largest absolute Gasteiger partial charge is 0.488 e. The van der Waals surface area contributed by atoms with Gasteiger partial charge in [0.25, 0.3) is 0 Å². The van der Waals surface area contributed by atoms with Crippen molar-refractivity contribution in [3.05, 3.63) is 76.3 Å². The summed E-state index contributed by atoms with van der Waals surface area (Å²) in [7, 11) is 3.13. The molecule has 3 aromatic rings. The number of methoxy groups -OCH3 is 2. The van der Waals surface area contributed by atoms with Crippen LogP contribution in [-0.4, -0.2) is 67.5 Å². The number of aromatic nitrogens is 1. The number of hydrogen-bond donors (Lipinski definition) is 0. The van der Waals surface area contributed by atoms with Crippen LogP contribution in [0.1, 0.15) is 61.9 Å². The number of esters is 1. The average molecular weight is 642 g/mol. The predicted octanol–water partition coefficient (Wildman–Crippen LogP) is 6.51. The van der Waals surface area contributed by atoms with Gasteiger partial charge in [-0.25, -0.2) is 9.78 Å². The minimum atomic E-state index is -0.527. The molecule has 2 aliphatic heterocycles. The van der Waals surface area contributed by atoms with Crippen molar-refractivity contribution in [2.75, 3.05) is 38.8 Å². The van der Waals surface area contributed by atoms with Gasteiger partial charge in [0, 0.05) is 32.3 Å². The van der Waals surface area contributed by atoms with Crippen molar-refractivity contribution in [2.45, 2.75) is 78.7 Å². The molecule has 47 heavy (non-hydrogen) atoms. The molecule has 9 nitrogen and oxygen atoms in total. The monoisotopic (exact) mass is 641 g/mol. The lowest BCUT2D eigenvalue weighted by molar-refractivity contribution is -0.148. The number of aryl methyl sites for hydroxylation is 2. The van der Waals surface area contributed by atoms with Crippen LogP contribution < -0.4 is 9.64 Å². The summed E-state index contributed by atoms with van der Waals surface area (Å²) in [5, 5.41) is 0. The Hall–Kier alpha value is -4.11. The molecule has 3 aliphatic rings. The maximum Gasteiger partial charge on any atom is 0.410 e. The maximum absolute atomic E-state index is 12.8. The Morgan fingerprint density at radius 2 is 1.87 bits per heavy atom. The molecule has 1 aromatic heterocycles. The van der Waals surface area contributed by atoms with E-state index in [-0.39, 0.29) is 24.0 Å². The van der Waals surface area contributed by atoms with Gasteiger partial charge >= 0.3 is 12.1 Å². The fourth-order valence-electron chi connectivity index (χ4n) is 7.49. The number of ether oxygens (including phenoxy) is 4. The van der Waals surface area contributed by atoms with Crippen molar-refractivity contribution in [1.82, 2.24) is 9.88 Å². The SMILES string of the molecule is CCc1cc(COc2c(C)cccc2-c2cccc(N3C[C@@H]4C[C@]4(C(=O)OC)[C@H]3COC)n2)cc2c1CN(C(=O)OC(C)(C)C)CC2. The molecule has 1 amide bonds. The number of hydrogen-bond acceptors (Lipinski definition) is 8. The smallest absolute Gasteiger partial charge is 0.410 e. The number of carbonyl (C=O) groups excluding carboxylic acids is 2. The zero-order valence-corrected chi connectivity index (χ0v) is 28.7. The Kier molecular flexibility index (Phi) is 8.96. The molecule has 3 atom stereocenters. The highest BCUT2D eigenvalue weighted by Crippen LogP contribution is 2.62. The van der Waals surface area contributed by atoms with Crippen LogP contribution in [0.15, 0.2) is 48.5 Å². The number of fused-ring (bicyclic) bond motifs is 2. The van der Waals surface area contributed by atoms with Gasteiger partial charge in [0.1, 0.15) is 23.8 Å². The van der Waals surface area contributed by atoms with E-state index in [4.69, 9.17) is 23.9 Å². The molecule has 0 spiro atoms. The Morgan fingerprint density at radius 3 is 2.60 bits per heavy atom. The summed E-state index contributed by atoms with van der Waals surface area (Å²) in [6.45, 7) is 12.7. The summed E-state index contributed by atoms with van der Waals surface area (Å²) in [5.74, 6) is 1.69. The highest BCUT2D eigenvalue weighted by molar-refractivity contribution is 5.84. The van der Waals surface area contributed by atoms with Crippen LogP contribution in [0, 0.1) is 18.3 Å². The number of para-hydroxylation sites is 1. The topological polar surface area (TPSA) is 90.4 Å². The molecule has 9 heteroatoms. The number of carbonyl (C=O) groups is 2. The Balaban J connectivity index is 1.23. The standard InChI is InChI=1S/C38H47N3O6/c1-8-26-17-25(18-27-15-16-40(21-30(26)27)36(43)47-37(3,4)5)22-46-34-24(2)11-9-12-29(34)31-13-10-14-33(39-31)41-20-28-19-38(28,35(42)45-7)32(41)23-44-6/h9-14,17-18,28,32H,8,15-16,19-23H2,1-7H3/t28-,32+,38+/m0/s1. The summed E-state index contributed by atoms with van der Waals surface area (Å²) in [5.41, 5.74) is 6.53. The number of amides is 1. The summed E-state index contributed by atoms with van der Waals surface area (Å²) < 4.78 is 23.1. The number of anilines is 1. The van der Waals surface area contributed by atoms with Crippen LogP contribution in [0.3, 0.4) is 0 Å². The lowest BCUT2D eigenvalue weighted by Gasteiger charge is -2.32. The van der Waals surface area contributed by atoms with E-state index in [0.717, 1.165) is 59.8 Å². The molecule has 250 valence electrons. The normalized spacial score (nSPS) is 21.6. The van der Waals surface area contributed by atoms with Crippen molar-refractivity contribution in [2.24, 2.45) is 11.3 Å². The quantitative estimate of drug-likeness (QED) is 0.245. The molecular formula is C38H47N3O6. The van der Waals surface area contributed by atoms with Crippen molar-refractivity contribution in [1.29, 1.82) is 0 Å². The molecule has 1 saturated carbocycles. The summed E-state index contributed by atoms with van der Waals surface area (Å²) in [4.78, 5) is 34.8. The van der Waals surface area contributed by atoms with Crippen molar-refractivity contribution >= 4 is 17.9 Å². The first-order chi connectivity index (χ1) is 22.5. The number of nitrogens with zero attached hydrogens (tertiary/aromatic N) is 3. The first-order valence-electron chi connectivity index (χ1n) is 16.6. The molecule has 6 rings (SSSR count). The second-order valence-electron chi connectivity index (χ2n) is 14.1. The second-order valence-corrected chi connectivity index (χ2v) is 14.1. The number of benzene rings is 2. The van der Waals surface area contributed by atoms with Crippen molar-refractivity contribution in [3.8, 4) is 17.0 Å². The molecule has 1 saturated heterocycles. The Labute approximate surface area is 278 Å². The Morgan fingerprint density at radius 1 is 1.09 bits per heavy atom. The van der Waals surface area contributed by atoms with Crippen LogP contribution in [0.25, 0.3) is 11.3 Å². The average Bonchev–Trinajstić information content (AvgIpc) is 3.70. The third-order valence-corrected chi connectivity index (χ3v) is 9.86. The third-order valence-electron chi connectivity index (χ3n) is 9.86. The predicted molar refractivity (Wildman–Crippen MR) is 180 cm³/mol. The van der Waals surface area contributed by atoms with Crippen molar-refractivity contribution in [3.63, 3.8) is 0 Å². The van der Waals surface area contributed by atoms with Crippen molar-refractivity contribution < 1.29 is 28.5 Å². The Bertz CT molecular complexity index is 1650. The molecule has 0 unspecified atom stereocenters. The van der Waals surface area contributed by atoms with E-state index in [1.54, 1.807) is 7.11 Å². The van der Waals surface area contributed by atoms with E-state index in [9.17, 15) is 9.59 Å². The van der Waals surface area contributed by atoms with Crippen LogP contribution in [0.5, 0.6) is 5.75 Å². The third kappa shape index (κ3) is 6.30. The van der Waals surface area contributed by atoms with Gasteiger partial charge in [-0.2, -0.15) is 0 Å². The molecule has 0 N–H and O–H groups in total. The van der Waals surface area contributed by atoms with Gasteiger partial charge < -0.3 is 28.7 Å². The second kappa shape index (κ2) is 12.8. The van der Waals surface area contributed by atoms with Gasteiger partial charge in [-0.3, -0.25) is 4.79 Å². The number of pyridine rings is 1. The minimum absolute atomic E-state index is 0.131. The number of rotatable bonds is 9. The zero-order chi connectivity index (χ0) is 33.5. The van der Waals surface area contributed by atoms with Crippen LogP contribution in [0.2, 0.25) is 0 Å². The first kappa shape index (κ1) is 32.8. The van der Waals surface area contributed by atoms with E-state index in [1.165, 1.54) is 23.8 Å². The molecule has 0 bridgehead atoms. The molecule has 1 aliphatic carbocycles. The van der Waals surface area contributed by atoms with Gasteiger partial charge in [0.2, 0.25) is 0 Å². The lowest BCUT2D eigenvalue weighted by atomic mass is 9.91. The molecule has 2 fully saturated rings. The molecule has 3 heterocycles. The fraction of sp³-hybridized carbons (Fsp3) is 0.500. The van der Waals surface area contributed by atoms with Gasteiger partial charge in [-0.15, -0.1) is 0 Å². The van der Waals surface area contributed by atoms with E-state index in [1.807, 2.05) is 56.0 Å². The minimum Gasteiger partial charge on any atom is -0.488 e. The highest BCUT2D eigenvalue weighted by atomic mass is 16.6. The summed E-state index contributed by atoms with van der Waals surface area (Å²) in [6.07, 6.45) is 2.20. The summed E-state index contributed by atoms with van der Waals surface area (Å²) >= 11 is 0. The molecule has 2 aromatic carbocycles. The van der Waals surface area contributed by atoms with Crippen LogP contribution >= 0.6 is 0 Å².